The van der Waals surface area contributed by atoms with Crippen LogP contribution < -0.4 is 11.1 Å². The number of carbonyl (C=O) groups excluding carboxylic acids is 1. The van der Waals surface area contributed by atoms with Gasteiger partial charge in [-0.15, -0.1) is 0 Å². The number of nitrogen functional groups attached to an aromatic ring is 1. The fourth-order valence-electron chi connectivity index (χ4n) is 2.21. The van der Waals surface area contributed by atoms with Gasteiger partial charge >= 0.3 is 0 Å². The van der Waals surface area contributed by atoms with Crippen molar-refractivity contribution in [1.82, 2.24) is 0 Å². The summed E-state index contributed by atoms with van der Waals surface area (Å²) in [6, 6.07) is 9.53. The molecule has 0 aliphatic heterocycles. The van der Waals surface area contributed by atoms with Crippen LogP contribution in [0.5, 0.6) is 0 Å². The third kappa shape index (κ3) is 3.02. The molecule has 0 saturated heterocycles. The molecule has 0 heterocycles. The van der Waals surface area contributed by atoms with Crippen molar-refractivity contribution in [2.75, 3.05) is 11.1 Å². The molecule has 4 heteroatoms. The summed E-state index contributed by atoms with van der Waals surface area (Å²) in [4.78, 5) is 11.4. The molecule has 0 aromatic heterocycles. The van der Waals surface area contributed by atoms with Gasteiger partial charge in [-0.2, -0.15) is 0 Å². The molecule has 104 valence electrons. The number of ketones is 1. The quantitative estimate of drug-likeness (QED) is 0.638. The zero-order valence-corrected chi connectivity index (χ0v) is 13.3. The number of hydrogen-bond donors (Lipinski definition) is 2. The lowest BCUT2D eigenvalue weighted by molar-refractivity contribution is 0.101. The van der Waals surface area contributed by atoms with Crippen molar-refractivity contribution in [3.8, 4) is 0 Å². The topological polar surface area (TPSA) is 55.1 Å². The monoisotopic (exact) mass is 332 g/mol. The zero-order chi connectivity index (χ0) is 14.9. The van der Waals surface area contributed by atoms with Crippen molar-refractivity contribution in [1.29, 1.82) is 0 Å². The van der Waals surface area contributed by atoms with Crippen molar-refractivity contribution in [3.63, 3.8) is 0 Å². The molecule has 0 radical (unpaired) electrons. The van der Waals surface area contributed by atoms with Crippen molar-refractivity contribution in [2.45, 2.75) is 20.8 Å². The molecule has 20 heavy (non-hydrogen) atoms. The van der Waals surface area contributed by atoms with Gasteiger partial charge in [-0.3, -0.25) is 4.79 Å². The molecular weight excluding hydrogens is 316 g/mol. The summed E-state index contributed by atoms with van der Waals surface area (Å²) < 4.78 is 1.06. The van der Waals surface area contributed by atoms with Gasteiger partial charge in [0.15, 0.2) is 5.78 Å². The Bertz CT molecular complexity index is 657. The summed E-state index contributed by atoms with van der Waals surface area (Å²) in [5.74, 6) is -0.0231. The number of halogens is 1. The van der Waals surface area contributed by atoms with Crippen molar-refractivity contribution in [3.05, 3.63) is 51.5 Å². The number of rotatable bonds is 3. The number of nitrogens with one attached hydrogen (secondary N) is 1. The van der Waals surface area contributed by atoms with Gasteiger partial charge < -0.3 is 11.1 Å². The van der Waals surface area contributed by atoms with E-state index in [2.05, 4.69) is 33.4 Å². The van der Waals surface area contributed by atoms with Gasteiger partial charge in [-0.05, 0) is 62.2 Å². The van der Waals surface area contributed by atoms with Gasteiger partial charge in [-0.1, -0.05) is 15.9 Å². The van der Waals surface area contributed by atoms with Crippen LogP contribution in [0, 0.1) is 13.8 Å². The maximum absolute atomic E-state index is 11.4. The van der Waals surface area contributed by atoms with Crippen LogP contribution in [0.3, 0.4) is 0 Å². The van der Waals surface area contributed by atoms with Gasteiger partial charge in [0.25, 0.3) is 0 Å². The minimum Gasteiger partial charge on any atom is -0.398 e. The van der Waals surface area contributed by atoms with Crippen LogP contribution in [0.25, 0.3) is 0 Å². The molecular formula is C16H17BrN2O. The van der Waals surface area contributed by atoms with Gasteiger partial charge in [0.2, 0.25) is 0 Å². The summed E-state index contributed by atoms with van der Waals surface area (Å²) in [6.07, 6.45) is 0. The van der Waals surface area contributed by atoms with Crippen LogP contribution in [0.4, 0.5) is 17.1 Å². The largest absolute Gasteiger partial charge is 0.398 e. The molecule has 2 rings (SSSR count). The van der Waals surface area contributed by atoms with Crippen LogP contribution in [0.15, 0.2) is 34.8 Å². The molecule has 0 aliphatic carbocycles. The second-order valence-electron chi connectivity index (χ2n) is 4.90. The summed E-state index contributed by atoms with van der Waals surface area (Å²) in [6.45, 7) is 5.61. The lowest BCUT2D eigenvalue weighted by Gasteiger charge is -2.14. The summed E-state index contributed by atoms with van der Waals surface area (Å²) in [5.41, 5.74) is 11.2. The molecule has 0 spiro atoms. The number of aryl methyl sites for hydroxylation is 2. The van der Waals surface area contributed by atoms with Gasteiger partial charge in [-0.25, -0.2) is 0 Å². The number of carbonyl (C=O) groups is 1. The SMILES string of the molecule is CC(=O)c1ccc(Nc2c(C)cc(Br)cc2C)cc1N. The Morgan fingerprint density at radius 3 is 2.25 bits per heavy atom. The predicted octanol–water partition coefficient (Wildman–Crippen LogP) is 4.59. The highest BCUT2D eigenvalue weighted by atomic mass is 79.9. The van der Waals surface area contributed by atoms with E-state index in [1.807, 2.05) is 19.9 Å². The highest BCUT2D eigenvalue weighted by Gasteiger charge is 2.08. The van der Waals surface area contributed by atoms with Crippen molar-refractivity contribution in [2.24, 2.45) is 0 Å². The van der Waals surface area contributed by atoms with E-state index in [1.54, 1.807) is 12.1 Å². The van der Waals surface area contributed by atoms with Crippen LogP contribution >= 0.6 is 15.9 Å². The average Bonchev–Trinajstić information content (AvgIpc) is 2.33. The molecule has 0 amide bonds. The maximum Gasteiger partial charge on any atom is 0.161 e. The molecule has 0 saturated carbocycles. The zero-order valence-electron chi connectivity index (χ0n) is 11.8. The second kappa shape index (κ2) is 5.67. The number of benzene rings is 2. The first-order chi connectivity index (χ1) is 9.38. The number of Topliss-reactive ketones (excluding diaryl/α,β-unsaturated/α-hetero) is 1. The molecule has 0 unspecified atom stereocenters. The van der Waals surface area contributed by atoms with Gasteiger partial charge in [0.1, 0.15) is 0 Å². The predicted molar refractivity (Wildman–Crippen MR) is 87.8 cm³/mol. The summed E-state index contributed by atoms with van der Waals surface area (Å²) in [7, 11) is 0. The smallest absolute Gasteiger partial charge is 0.161 e. The van der Waals surface area contributed by atoms with E-state index in [-0.39, 0.29) is 5.78 Å². The Morgan fingerprint density at radius 1 is 1.15 bits per heavy atom. The first-order valence-electron chi connectivity index (χ1n) is 6.32. The Balaban J connectivity index is 2.36. The standard InChI is InChI=1S/C16H17BrN2O/c1-9-6-12(17)7-10(2)16(9)19-13-4-5-14(11(3)20)15(18)8-13/h4-8,19H,18H2,1-3H3. The van der Waals surface area contributed by atoms with E-state index in [0.29, 0.717) is 11.3 Å². The van der Waals surface area contributed by atoms with Crippen LogP contribution in [0.1, 0.15) is 28.4 Å². The Kier molecular flexibility index (Phi) is 4.14. The summed E-state index contributed by atoms with van der Waals surface area (Å²) >= 11 is 3.48. The molecule has 3 nitrogen and oxygen atoms in total. The fraction of sp³-hybridized carbons (Fsp3) is 0.188. The molecule has 2 aromatic carbocycles. The van der Waals surface area contributed by atoms with Crippen LogP contribution in [-0.2, 0) is 0 Å². The van der Waals surface area contributed by atoms with Crippen LogP contribution in [-0.4, -0.2) is 5.78 Å². The number of nitrogens with two attached hydrogens (primary N) is 1. The van der Waals surface area contributed by atoms with E-state index in [0.717, 1.165) is 27.0 Å². The molecule has 0 aliphatic rings. The Morgan fingerprint density at radius 2 is 1.75 bits per heavy atom. The minimum absolute atomic E-state index is 0.0231. The first-order valence-corrected chi connectivity index (χ1v) is 7.12. The third-order valence-electron chi connectivity index (χ3n) is 3.20. The third-order valence-corrected chi connectivity index (χ3v) is 3.66. The highest BCUT2D eigenvalue weighted by molar-refractivity contribution is 9.10. The highest BCUT2D eigenvalue weighted by Crippen LogP contribution is 2.29. The molecule has 0 bridgehead atoms. The normalized spacial score (nSPS) is 10.4. The maximum atomic E-state index is 11.4. The van der Waals surface area contributed by atoms with Crippen LogP contribution in [0.2, 0.25) is 0 Å². The first kappa shape index (κ1) is 14.6. The molecule has 0 atom stereocenters. The van der Waals surface area contributed by atoms with E-state index in [9.17, 15) is 4.79 Å². The van der Waals surface area contributed by atoms with Gasteiger partial charge in [0.05, 0.1) is 0 Å². The van der Waals surface area contributed by atoms with Gasteiger partial charge in [0, 0.05) is 27.1 Å². The van der Waals surface area contributed by atoms with E-state index >= 15 is 0 Å². The lowest BCUT2D eigenvalue weighted by atomic mass is 10.1. The van der Waals surface area contributed by atoms with E-state index < -0.39 is 0 Å². The van der Waals surface area contributed by atoms with E-state index in [1.165, 1.54) is 6.92 Å². The minimum atomic E-state index is -0.0231. The Hall–Kier alpha value is -1.81. The molecule has 2 aromatic rings. The van der Waals surface area contributed by atoms with Crippen molar-refractivity contribution >= 4 is 38.8 Å². The summed E-state index contributed by atoms with van der Waals surface area (Å²) in [5, 5.41) is 3.36. The second-order valence-corrected chi connectivity index (χ2v) is 5.81. The molecule has 0 fully saturated rings. The average molecular weight is 333 g/mol. The lowest BCUT2D eigenvalue weighted by Crippen LogP contribution is -2.02. The Labute approximate surface area is 127 Å². The fourth-order valence-corrected chi connectivity index (χ4v) is 2.90. The number of hydrogen-bond acceptors (Lipinski definition) is 3. The van der Waals surface area contributed by atoms with Crippen molar-refractivity contribution < 1.29 is 4.79 Å². The van der Waals surface area contributed by atoms with E-state index in [4.69, 9.17) is 5.73 Å². The molecule has 3 N–H and O–H groups in total. The number of anilines is 3.